The third-order valence-electron chi connectivity index (χ3n) is 3.31. The number of rotatable bonds is 4. The largest absolute Gasteiger partial charge is 0.378 e. The molecule has 0 fully saturated rings. The van der Waals surface area contributed by atoms with E-state index in [4.69, 9.17) is 0 Å². The summed E-state index contributed by atoms with van der Waals surface area (Å²) in [5.41, 5.74) is 4.15. The monoisotopic (exact) mass is 270 g/mol. The average Bonchev–Trinajstić information content (AvgIpc) is 2.38. The molecule has 0 amide bonds. The van der Waals surface area contributed by atoms with Crippen LogP contribution in [-0.2, 0) is 0 Å². The van der Waals surface area contributed by atoms with Crippen LogP contribution in [0.5, 0.6) is 0 Å². The highest BCUT2D eigenvalue weighted by Gasteiger charge is 2.11. The molecule has 1 unspecified atom stereocenters. The van der Waals surface area contributed by atoms with Crippen molar-refractivity contribution in [1.82, 2.24) is 0 Å². The zero-order valence-corrected chi connectivity index (χ0v) is 11.9. The molecule has 0 aliphatic rings. The lowest BCUT2D eigenvalue weighted by Gasteiger charge is -2.18. The first-order valence-electron chi connectivity index (χ1n) is 6.55. The lowest BCUT2D eigenvalue weighted by molar-refractivity contribution is -0.384. The lowest BCUT2D eigenvalue weighted by atomic mass is 10.0. The lowest BCUT2D eigenvalue weighted by Crippen LogP contribution is -2.08. The Morgan fingerprint density at radius 3 is 2.50 bits per heavy atom. The maximum atomic E-state index is 10.9. The number of benzene rings is 2. The molecule has 0 aliphatic carbocycles. The van der Waals surface area contributed by atoms with Gasteiger partial charge in [0.25, 0.3) is 5.69 Å². The topological polar surface area (TPSA) is 55.2 Å². The summed E-state index contributed by atoms with van der Waals surface area (Å²) in [6, 6.07) is 13.3. The maximum Gasteiger partial charge on any atom is 0.271 e. The molecular formula is C16H18N2O2. The number of nitro benzene ring substituents is 1. The van der Waals surface area contributed by atoms with Gasteiger partial charge in [0.05, 0.1) is 4.92 Å². The van der Waals surface area contributed by atoms with Gasteiger partial charge in [0.2, 0.25) is 0 Å². The van der Waals surface area contributed by atoms with E-state index in [1.54, 1.807) is 12.1 Å². The van der Waals surface area contributed by atoms with Gasteiger partial charge in [-0.05, 0) is 43.5 Å². The predicted molar refractivity (Wildman–Crippen MR) is 81.1 cm³/mol. The van der Waals surface area contributed by atoms with Gasteiger partial charge in [-0.15, -0.1) is 0 Å². The molecule has 104 valence electrons. The SMILES string of the molecule is Cc1cc(NC(C)c2ccccc2C)cc([N+](=O)[O-])c1. The van der Waals surface area contributed by atoms with E-state index < -0.39 is 0 Å². The Bertz CT molecular complexity index is 638. The fraction of sp³-hybridized carbons (Fsp3) is 0.250. The molecular weight excluding hydrogens is 252 g/mol. The average molecular weight is 270 g/mol. The van der Waals surface area contributed by atoms with E-state index in [9.17, 15) is 10.1 Å². The Morgan fingerprint density at radius 2 is 1.85 bits per heavy atom. The predicted octanol–water partition coefficient (Wildman–Crippen LogP) is 4.38. The van der Waals surface area contributed by atoms with E-state index in [1.807, 2.05) is 25.1 Å². The van der Waals surface area contributed by atoms with Gasteiger partial charge in [-0.3, -0.25) is 10.1 Å². The van der Waals surface area contributed by atoms with E-state index in [1.165, 1.54) is 11.1 Å². The molecule has 2 aromatic carbocycles. The van der Waals surface area contributed by atoms with Gasteiger partial charge >= 0.3 is 0 Å². The van der Waals surface area contributed by atoms with Gasteiger partial charge in [0.1, 0.15) is 0 Å². The molecule has 20 heavy (non-hydrogen) atoms. The molecule has 1 N–H and O–H groups in total. The summed E-state index contributed by atoms with van der Waals surface area (Å²) in [7, 11) is 0. The van der Waals surface area contributed by atoms with Crippen LogP contribution in [0.1, 0.15) is 29.7 Å². The van der Waals surface area contributed by atoms with Gasteiger partial charge < -0.3 is 5.32 Å². The number of nitro groups is 1. The second-order valence-corrected chi connectivity index (χ2v) is 5.04. The number of hydrogen-bond donors (Lipinski definition) is 1. The van der Waals surface area contributed by atoms with E-state index in [2.05, 4.69) is 31.3 Å². The highest BCUT2D eigenvalue weighted by atomic mass is 16.6. The smallest absolute Gasteiger partial charge is 0.271 e. The number of nitrogens with one attached hydrogen (secondary N) is 1. The first-order valence-corrected chi connectivity index (χ1v) is 6.55. The number of hydrogen-bond acceptors (Lipinski definition) is 3. The van der Waals surface area contributed by atoms with E-state index in [-0.39, 0.29) is 16.7 Å². The van der Waals surface area contributed by atoms with Crippen LogP contribution < -0.4 is 5.32 Å². The summed E-state index contributed by atoms with van der Waals surface area (Å²) in [5.74, 6) is 0. The van der Waals surface area contributed by atoms with Crippen molar-refractivity contribution in [2.75, 3.05) is 5.32 Å². The molecule has 0 radical (unpaired) electrons. The van der Waals surface area contributed by atoms with Crippen LogP contribution in [0.2, 0.25) is 0 Å². The molecule has 0 spiro atoms. The first-order chi connectivity index (χ1) is 9.47. The van der Waals surface area contributed by atoms with E-state index in [0.717, 1.165) is 11.3 Å². The van der Waals surface area contributed by atoms with Crippen LogP contribution in [0.3, 0.4) is 0 Å². The molecule has 2 aromatic rings. The molecule has 0 saturated carbocycles. The Labute approximate surface area is 118 Å². The van der Waals surface area contributed by atoms with Crippen molar-refractivity contribution >= 4 is 11.4 Å². The molecule has 4 nitrogen and oxygen atoms in total. The van der Waals surface area contributed by atoms with Crippen molar-refractivity contribution in [1.29, 1.82) is 0 Å². The number of anilines is 1. The summed E-state index contributed by atoms with van der Waals surface area (Å²) >= 11 is 0. The van der Waals surface area contributed by atoms with Crippen LogP contribution >= 0.6 is 0 Å². The number of non-ortho nitro benzene ring substituents is 1. The molecule has 0 saturated heterocycles. The van der Waals surface area contributed by atoms with Crippen LogP contribution in [0.15, 0.2) is 42.5 Å². The third-order valence-corrected chi connectivity index (χ3v) is 3.31. The molecule has 0 bridgehead atoms. The molecule has 2 rings (SSSR count). The number of nitrogens with zero attached hydrogens (tertiary/aromatic N) is 1. The van der Waals surface area contributed by atoms with Crippen LogP contribution in [0, 0.1) is 24.0 Å². The van der Waals surface area contributed by atoms with E-state index in [0.29, 0.717) is 0 Å². The zero-order valence-electron chi connectivity index (χ0n) is 11.9. The van der Waals surface area contributed by atoms with Gasteiger partial charge in [0.15, 0.2) is 0 Å². The fourth-order valence-electron chi connectivity index (χ4n) is 2.35. The minimum Gasteiger partial charge on any atom is -0.378 e. The van der Waals surface area contributed by atoms with Crippen LogP contribution in [0.25, 0.3) is 0 Å². The second kappa shape index (κ2) is 5.74. The Balaban J connectivity index is 2.26. The van der Waals surface area contributed by atoms with Gasteiger partial charge in [-0.2, -0.15) is 0 Å². The maximum absolute atomic E-state index is 10.9. The Hall–Kier alpha value is -2.36. The summed E-state index contributed by atoms with van der Waals surface area (Å²) in [6.07, 6.45) is 0. The molecule has 0 aromatic heterocycles. The second-order valence-electron chi connectivity index (χ2n) is 5.04. The van der Waals surface area contributed by atoms with Crippen molar-refractivity contribution < 1.29 is 4.92 Å². The Morgan fingerprint density at radius 1 is 1.15 bits per heavy atom. The molecule has 1 atom stereocenters. The van der Waals surface area contributed by atoms with Gasteiger partial charge in [-0.25, -0.2) is 0 Å². The first kappa shape index (κ1) is 14.1. The van der Waals surface area contributed by atoms with Crippen molar-refractivity contribution in [3.8, 4) is 0 Å². The third kappa shape index (κ3) is 3.15. The van der Waals surface area contributed by atoms with Gasteiger partial charge in [0, 0.05) is 23.9 Å². The minimum absolute atomic E-state index is 0.0950. The number of aryl methyl sites for hydroxylation is 2. The standard InChI is InChI=1S/C16H18N2O2/c1-11-8-14(10-15(9-11)18(19)20)17-13(3)16-7-5-4-6-12(16)2/h4-10,13,17H,1-3H3. The van der Waals surface area contributed by atoms with E-state index >= 15 is 0 Å². The fourth-order valence-corrected chi connectivity index (χ4v) is 2.35. The summed E-state index contributed by atoms with van der Waals surface area (Å²) in [6.45, 7) is 5.97. The quantitative estimate of drug-likeness (QED) is 0.662. The molecule has 4 heteroatoms. The normalized spacial score (nSPS) is 11.9. The molecule has 0 heterocycles. The van der Waals surface area contributed by atoms with Crippen molar-refractivity contribution in [3.63, 3.8) is 0 Å². The summed E-state index contributed by atoms with van der Waals surface area (Å²) in [4.78, 5) is 10.5. The van der Waals surface area contributed by atoms with Crippen LogP contribution in [0.4, 0.5) is 11.4 Å². The Kier molecular flexibility index (Phi) is 4.03. The van der Waals surface area contributed by atoms with Crippen LogP contribution in [-0.4, -0.2) is 4.92 Å². The minimum atomic E-state index is -0.364. The highest BCUT2D eigenvalue weighted by molar-refractivity contribution is 5.55. The summed E-state index contributed by atoms with van der Waals surface area (Å²) < 4.78 is 0. The zero-order chi connectivity index (χ0) is 14.7. The van der Waals surface area contributed by atoms with Gasteiger partial charge in [-0.1, -0.05) is 24.3 Å². The van der Waals surface area contributed by atoms with Crippen molar-refractivity contribution in [3.05, 3.63) is 69.3 Å². The van der Waals surface area contributed by atoms with Crippen molar-refractivity contribution in [2.24, 2.45) is 0 Å². The summed E-state index contributed by atoms with van der Waals surface area (Å²) in [5, 5.41) is 14.2. The highest BCUT2D eigenvalue weighted by Crippen LogP contribution is 2.25. The van der Waals surface area contributed by atoms with Crippen molar-refractivity contribution in [2.45, 2.75) is 26.8 Å². The molecule has 0 aliphatic heterocycles.